The molecule has 0 rings (SSSR count). The van der Waals surface area contributed by atoms with Gasteiger partial charge in [0.25, 0.3) is 0 Å². The Balaban J connectivity index is 4.27. The maximum absolute atomic E-state index is 12.1. The Morgan fingerprint density at radius 3 is 2.08 bits per heavy atom. The van der Waals surface area contributed by atoms with Crippen molar-refractivity contribution >= 4 is 23.5 Å². The average Bonchev–Trinajstić information content (AvgIpc) is 2.55. The summed E-state index contributed by atoms with van der Waals surface area (Å²) in [4.78, 5) is 46.6. The van der Waals surface area contributed by atoms with E-state index in [9.17, 15) is 19.2 Å². The molecule has 3 amide bonds. The quantitative estimate of drug-likeness (QED) is 0.344. The molecule has 0 fully saturated rings. The molecule has 150 valence electrons. The number of ketones is 1. The Kier molecular flexibility index (Phi) is 12.3. The van der Waals surface area contributed by atoms with Crippen LogP contribution in [0.1, 0.15) is 53.4 Å². The normalized spacial score (nSPS) is 13.0. The van der Waals surface area contributed by atoms with Crippen LogP contribution in [0.15, 0.2) is 0 Å². The molecular weight excluding hydrogens is 336 g/mol. The summed E-state index contributed by atoms with van der Waals surface area (Å²) >= 11 is 0. The third kappa shape index (κ3) is 11.6. The van der Waals surface area contributed by atoms with Gasteiger partial charge in [0.05, 0.1) is 18.6 Å². The Morgan fingerprint density at radius 2 is 1.58 bits per heavy atom. The Morgan fingerprint density at radius 1 is 0.923 bits per heavy atom. The molecule has 0 bridgehead atoms. The molecule has 2 atom stereocenters. The van der Waals surface area contributed by atoms with Crippen LogP contribution in [0.4, 0.5) is 0 Å². The predicted octanol–water partition coefficient (Wildman–Crippen LogP) is 0.117. The van der Waals surface area contributed by atoms with Crippen molar-refractivity contribution < 1.29 is 19.2 Å². The van der Waals surface area contributed by atoms with Crippen LogP contribution in [0, 0.1) is 5.92 Å². The second-order valence-corrected chi connectivity index (χ2v) is 6.90. The third-order valence-corrected chi connectivity index (χ3v) is 3.91. The van der Waals surface area contributed by atoms with Gasteiger partial charge in [-0.15, -0.1) is 0 Å². The number of carbonyl (C=O) groups excluding carboxylic acids is 4. The zero-order valence-electron chi connectivity index (χ0n) is 16.6. The highest BCUT2D eigenvalue weighted by atomic mass is 16.2. The molecule has 0 aromatic carbocycles. The lowest BCUT2D eigenvalue weighted by molar-refractivity contribution is -0.129. The van der Waals surface area contributed by atoms with Gasteiger partial charge in [-0.3, -0.25) is 19.2 Å². The van der Waals surface area contributed by atoms with Crippen LogP contribution < -0.4 is 21.3 Å². The molecule has 0 heterocycles. The molecule has 0 aromatic rings. The number of hydrogen-bond acceptors (Lipinski definition) is 5. The highest BCUT2D eigenvalue weighted by Crippen LogP contribution is 2.04. The molecule has 0 spiro atoms. The summed E-state index contributed by atoms with van der Waals surface area (Å²) in [5.41, 5.74) is 0. The van der Waals surface area contributed by atoms with E-state index in [4.69, 9.17) is 0 Å². The van der Waals surface area contributed by atoms with E-state index < -0.39 is 6.04 Å². The number of rotatable bonds is 13. The summed E-state index contributed by atoms with van der Waals surface area (Å²) < 4.78 is 0. The predicted molar refractivity (Wildman–Crippen MR) is 100 cm³/mol. The first-order valence-corrected chi connectivity index (χ1v) is 9.16. The second kappa shape index (κ2) is 13.3. The standard InChI is InChI=1S/C18H34N4O4/c1-12(2)10-16(19-5)18(26)21-11-17(25)22-15(13(3)23)8-6-7-9-20-14(4)24/h12,15-16,19H,6-11H2,1-5H3,(H,20,24)(H,21,26)(H,22,25)/t15-,16-/m0/s1. The summed E-state index contributed by atoms with van der Waals surface area (Å²) in [5, 5.41) is 10.9. The van der Waals surface area contributed by atoms with Gasteiger partial charge in [0.1, 0.15) is 0 Å². The molecule has 0 aliphatic heterocycles. The average molecular weight is 370 g/mol. The summed E-state index contributed by atoms with van der Waals surface area (Å²) in [7, 11) is 1.71. The monoisotopic (exact) mass is 370 g/mol. The van der Waals surface area contributed by atoms with Crippen molar-refractivity contribution in [1.82, 2.24) is 21.3 Å². The van der Waals surface area contributed by atoms with Crippen LogP contribution >= 0.6 is 0 Å². The third-order valence-electron chi connectivity index (χ3n) is 3.91. The van der Waals surface area contributed by atoms with Crippen LogP contribution in [0.3, 0.4) is 0 Å². The van der Waals surface area contributed by atoms with Gasteiger partial charge in [-0.2, -0.15) is 0 Å². The van der Waals surface area contributed by atoms with E-state index in [0.29, 0.717) is 31.7 Å². The highest BCUT2D eigenvalue weighted by molar-refractivity contribution is 5.91. The van der Waals surface area contributed by atoms with E-state index in [0.717, 1.165) is 6.42 Å². The smallest absolute Gasteiger partial charge is 0.239 e. The molecule has 0 radical (unpaired) electrons. The minimum Gasteiger partial charge on any atom is -0.356 e. The van der Waals surface area contributed by atoms with Gasteiger partial charge >= 0.3 is 0 Å². The molecular formula is C18H34N4O4. The first-order valence-electron chi connectivity index (χ1n) is 9.16. The van der Waals surface area contributed by atoms with Gasteiger partial charge in [0.15, 0.2) is 5.78 Å². The van der Waals surface area contributed by atoms with Gasteiger partial charge in [0, 0.05) is 13.5 Å². The van der Waals surface area contributed by atoms with Gasteiger partial charge in [-0.25, -0.2) is 0 Å². The lowest BCUT2D eigenvalue weighted by Gasteiger charge is -2.19. The van der Waals surface area contributed by atoms with Crippen molar-refractivity contribution in [3.05, 3.63) is 0 Å². The number of carbonyl (C=O) groups is 4. The second-order valence-electron chi connectivity index (χ2n) is 6.90. The number of Topliss-reactive ketones (excluding diaryl/α,β-unsaturated/α-hetero) is 1. The SMILES string of the molecule is CN[C@@H](CC(C)C)C(=O)NCC(=O)N[C@@H](CCCCNC(C)=O)C(C)=O. The summed E-state index contributed by atoms with van der Waals surface area (Å²) in [6, 6.07) is -0.923. The summed E-state index contributed by atoms with van der Waals surface area (Å²) in [6.07, 6.45) is 2.61. The lowest BCUT2D eigenvalue weighted by Crippen LogP contribution is -2.49. The van der Waals surface area contributed by atoms with E-state index in [2.05, 4.69) is 21.3 Å². The van der Waals surface area contributed by atoms with Crippen molar-refractivity contribution in [2.45, 2.75) is 65.5 Å². The minimum absolute atomic E-state index is 0.0884. The number of unbranched alkanes of at least 4 members (excludes halogenated alkanes) is 1. The zero-order valence-corrected chi connectivity index (χ0v) is 16.6. The van der Waals surface area contributed by atoms with Gasteiger partial charge < -0.3 is 21.3 Å². The van der Waals surface area contributed by atoms with Crippen LogP contribution in [0.25, 0.3) is 0 Å². The Bertz CT molecular complexity index is 480. The molecule has 8 heteroatoms. The fourth-order valence-electron chi connectivity index (χ4n) is 2.48. The maximum Gasteiger partial charge on any atom is 0.239 e. The van der Waals surface area contributed by atoms with Gasteiger partial charge in [-0.05, 0) is 45.6 Å². The fraction of sp³-hybridized carbons (Fsp3) is 0.778. The number of nitrogens with one attached hydrogen (secondary N) is 4. The first kappa shape index (κ1) is 24.0. The van der Waals surface area contributed by atoms with E-state index in [1.807, 2.05) is 13.8 Å². The fourth-order valence-corrected chi connectivity index (χ4v) is 2.48. The van der Waals surface area contributed by atoms with Crippen molar-refractivity contribution in [2.75, 3.05) is 20.1 Å². The van der Waals surface area contributed by atoms with Crippen molar-refractivity contribution in [3.8, 4) is 0 Å². The van der Waals surface area contributed by atoms with Crippen LogP contribution in [0.5, 0.6) is 0 Å². The van der Waals surface area contributed by atoms with Crippen molar-refractivity contribution in [3.63, 3.8) is 0 Å². The lowest BCUT2D eigenvalue weighted by atomic mass is 10.0. The molecule has 0 aliphatic carbocycles. The van der Waals surface area contributed by atoms with E-state index in [1.54, 1.807) is 7.05 Å². The molecule has 0 unspecified atom stereocenters. The Labute approximate surface area is 156 Å². The molecule has 0 saturated carbocycles. The molecule has 0 aliphatic rings. The van der Waals surface area contributed by atoms with E-state index >= 15 is 0 Å². The molecule has 0 aromatic heterocycles. The number of likely N-dealkylation sites (N-methyl/N-ethyl adjacent to an activating group) is 1. The largest absolute Gasteiger partial charge is 0.356 e. The maximum atomic E-state index is 12.1. The highest BCUT2D eigenvalue weighted by Gasteiger charge is 2.20. The van der Waals surface area contributed by atoms with Crippen molar-refractivity contribution in [1.29, 1.82) is 0 Å². The van der Waals surface area contributed by atoms with Crippen molar-refractivity contribution in [2.24, 2.45) is 5.92 Å². The van der Waals surface area contributed by atoms with Crippen LogP contribution in [-0.2, 0) is 19.2 Å². The number of hydrogen-bond donors (Lipinski definition) is 4. The minimum atomic E-state index is -0.576. The molecule has 26 heavy (non-hydrogen) atoms. The topological polar surface area (TPSA) is 116 Å². The Hall–Kier alpha value is -1.96. The van der Waals surface area contributed by atoms with Gasteiger partial charge in [-0.1, -0.05) is 13.8 Å². The van der Waals surface area contributed by atoms with Gasteiger partial charge in [0.2, 0.25) is 17.7 Å². The van der Waals surface area contributed by atoms with Crippen LogP contribution in [-0.4, -0.2) is 55.7 Å². The summed E-state index contributed by atoms with van der Waals surface area (Å²) in [5.74, 6) is -0.482. The van der Waals surface area contributed by atoms with E-state index in [-0.39, 0.29) is 36.1 Å². The van der Waals surface area contributed by atoms with E-state index in [1.165, 1.54) is 13.8 Å². The molecule has 0 saturated heterocycles. The molecule has 4 N–H and O–H groups in total. The van der Waals surface area contributed by atoms with Crippen LogP contribution in [0.2, 0.25) is 0 Å². The number of amides is 3. The molecule has 8 nitrogen and oxygen atoms in total. The first-order chi connectivity index (χ1) is 12.2. The summed E-state index contributed by atoms with van der Waals surface area (Å²) in [6.45, 7) is 7.31. The zero-order chi connectivity index (χ0) is 20.1.